The molecule has 0 saturated heterocycles. The molecule has 1 saturated carbocycles. The smallest absolute Gasteiger partial charge is 0.410 e. The first-order chi connectivity index (χ1) is 24.2. The molecule has 0 spiro atoms. The van der Waals surface area contributed by atoms with E-state index in [2.05, 4.69) is 58.8 Å². The SMILES string of the molecule is CC(C)(C)OC(=O)N(Cc1ccc(-c2ccc(CN(Cc3cccnc3)C(=O)Nc3ccc(-c4ccco4)cc3)cc2)cc1)C1CCCCC1. The van der Waals surface area contributed by atoms with E-state index in [9.17, 15) is 9.59 Å². The van der Waals surface area contributed by atoms with E-state index in [0.29, 0.717) is 25.3 Å². The highest BCUT2D eigenvalue weighted by Crippen LogP contribution is 2.28. The number of pyridine rings is 1. The average molecular weight is 671 g/mol. The first-order valence-corrected chi connectivity index (χ1v) is 17.5. The molecular weight excluding hydrogens is 624 g/mol. The number of carbonyl (C=O) groups excluding carboxylic acids is 2. The maximum absolute atomic E-state index is 13.6. The molecule has 50 heavy (non-hydrogen) atoms. The van der Waals surface area contributed by atoms with Gasteiger partial charge in [0, 0.05) is 49.3 Å². The Bertz CT molecular complexity index is 1810. The van der Waals surface area contributed by atoms with Crippen molar-refractivity contribution < 1.29 is 18.7 Å². The molecule has 3 amide bonds. The van der Waals surface area contributed by atoms with Gasteiger partial charge in [-0.15, -0.1) is 0 Å². The molecule has 0 radical (unpaired) electrons. The summed E-state index contributed by atoms with van der Waals surface area (Å²) in [6, 6.07) is 32.0. The molecule has 0 aliphatic heterocycles. The van der Waals surface area contributed by atoms with Crippen molar-refractivity contribution in [1.29, 1.82) is 0 Å². The molecule has 2 aromatic heterocycles. The summed E-state index contributed by atoms with van der Waals surface area (Å²) in [5.41, 5.74) is 6.31. The van der Waals surface area contributed by atoms with Gasteiger partial charge in [-0.1, -0.05) is 73.9 Å². The lowest BCUT2D eigenvalue weighted by Crippen LogP contribution is -2.43. The Morgan fingerprint density at radius 2 is 1.38 bits per heavy atom. The highest BCUT2D eigenvalue weighted by molar-refractivity contribution is 5.89. The Morgan fingerprint density at radius 3 is 1.96 bits per heavy atom. The lowest BCUT2D eigenvalue weighted by atomic mass is 9.94. The predicted octanol–water partition coefficient (Wildman–Crippen LogP) is 10.3. The monoisotopic (exact) mass is 670 g/mol. The summed E-state index contributed by atoms with van der Waals surface area (Å²) in [5, 5.41) is 3.05. The molecule has 3 aromatic carbocycles. The zero-order chi connectivity index (χ0) is 34.9. The number of rotatable bonds is 10. The van der Waals surface area contributed by atoms with Gasteiger partial charge in [-0.3, -0.25) is 4.98 Å². The molecular formula is C42H46N4O4. The van der Waals surface area contributed by atoms with Crippen LogP contribution in [0.25, 0.3) is 22.5 Å². The topological polar surface area (TPSA) is 87.9 Å². The minimum atomic E-state index is -0.535. The number of anilines is 1. The molecule has 258 valence electrons. The van der Waals surface area contributed by atoms with Gasteiger partial charge in [-0.05, 0) is 104 Å². The lowest BCUT2D eigenvalue weighted by Gasteiger charge is -2.35. The van der Waals surface area contributed by atoms with Crippen LogP contribution in [-0.4, -0.2) is 38.6 Å². The van der Waals surface area contributed by atoms with Gasteiger partial charge in [-0.25, -0.2) is 9.59 Å². The summed E-state index contributed by atoms with van der Waals surface area (Å²) in [6.45, 7) is 7.11. The molecule has 1 N–H and O–H groups in total. The molecule has 0 bridgehead atoms. The molecule has 6 rings (SSSR count). The maximum atomic E-state index is 13.6. The highest BCUT2D eigenvalue weighted by atomic mass is 16.6. The van der Waals surface area contributed by atoms with E-state index >= 15 is 0 Å². The first-order valence-electron chi connectivity index (χ1n) is 17.5. The number of furan rings is 1. The Labute approximate surface area is 295 Å². The van der Waals surface area contributed by atoms with Crippen molar-refractivity contribution >= 4 is 17.8 Å². The Balaban J connectivity index is 1.12. The number of nitrogens with one attached hydrogen (secondary N) is 1. The minimum absolute atomic E-state index is 0.201. The number of carbonyl (C=O) groups is 2. The molecule has 5 aromatic rings. The third kappa shape index (κ3) is 9.41. The van der Waals surface area contributed by atoms with E-state index in [4.69, 9.17) is 9.15 Å². The highest BCUT2D eigenvalue weighted by Gasteiger charge is 2.29. The third-order valence-electron chi connectivity index (χ3n) is 8.94. The number of amides is 3. The second-order valence-electron chi connectivity index (χ2n) is 14.0. The van der Waals surface area contributed by atoms with E-state index in [0.717, 1.165) is 64.8 Å². The second kappa shape index (κ2) is 15.9. The molecule has 0 unspecified atom stereocenters. The summed E-state index contributed by atoms with van der Waals surface area (Å²) in [6.07, 6.45) is 10.5. The largest absolute Gasteiger partial charge is 0.464 e. The molecule has 0 atom stereocenters. The van der Waals surface area contributed by atoms with Crippen LogP contribution in [0, 0.1) is 0 Å². The number of ether oxygens (including phenoxy) is 1. The van der Waals surface area contributed by atoms with Crippen LogP contribution in [-0.2, 0) is 24.4 Å². The van der Waals surface area contributed by atoms with Crippen molar-refractivity contribution in [2.45, 2.75) is 84.2 Å². The molecule has 1 aliphatic carbocycles. The fourth-order valence-corrected chi connectivity index (χ4v) is 6.35. The fourth-order valence-electron chi connectivity index (χ4n) is 6.35. The number of hydrogen-bond acceptors (Lipinski definition) is 5. The van der Waals surface area contributed by atoms with Crippen LogP contribution in [0.3, 0.4) is 0 Å². The maximum Gasteiger partial charge on any atom is 0.410 e. The van der Waals surface area contributed by atoms with Crippen LogP contribution < -0.4 is 5.32 Å². The van der Waals surface area contributed by atoms with E-state index < -0.39 is 5.60 Å². The fraction of sp³-hybridized carbons (Fsp3) is 0.310. The Kier molecular flexibility index (Phi) is 11.0. The Hall–Kier alpha value is -5.37. The minimum Gasteiger partial charge on any atom is -0.464 e. The van der Waals surface area contributed by atoms with Crippen LogP contribution in [0.1, 0.15) is 69.6 Å². The number of urea groups is 1. The van der Waals surface area contributed by atoms with Crippen molar-refractivity contribution in [2.24, 2.45) is 0 Å². The molecule has 2 heterocycles. The Morgan fingerprint density at radius 1 is 0.760 bits per heavy atom. The van der Waals surface area contributed by atoms with Crippen LogP contribution in [0.15, 0.2) is 120 Å². The van der Waals surface area contributed by atoms with Gasteiger partial charge in [-0.2, -0.15) is 0 Å². The van der Waals surface area contributed by atoms with Crippen molar-refractivity contribution in [2.75, 3.05) is 5.32 Å². The molecule has 8 heteroatoms. The van der Waals surface area contributed by atoms with Gasteiger partial charge in [0.25, 0.3) is 0 Å². The zero-order valence-electron chi connectivity index (χ0n) is 29.2. The first kappa shape index (κ1) is 34.5. The summed E-state index contributed by atoms with van der Waals surface area (Å²) < 4.78 is 11.3. The van der Waals surface area contributed by atoms with Gasteiger partial charge in [0.15, 0.2) is 0 Å². The number of hydrogen-bond donors (Lipinski definition) is 1. The molecule has 1 aliphatic rings. The number of aromatic nitrogens is 1. The van der Waals surface area contributed by atoms with Crippen molar-refractivity contribution in [3.63, 3.8) is 0 Å². The van der Waals surface area contributed by atoms with Crippen molar-refractivity contribution in [1.82, 2.24) is 14.8 Å². The molecule has 8 nitrogen and oxygen atoms in total. The lowest BCUT2D eigenvalue weighted by molar-refractivity contribution is 0.00988. The van der Waals surface area contributed by atoms with Gasteiger partial charge in [0.05, 0.1) is 6.26 Å². The normalized spacial score (nSPS) is 13.4. The van der Waals surface area contributed by atoms with E-state index in [1.807, 2.05) is 74.2 Å². The van der Waals surface area contributed by atoms with E-state index in [1.54, 1.807) is 23.6 Å². The quantitative estimate of drug-likeness (QED) is 0.160. The predicted molar refractivity (Wildman–Crippen MR) is 197 cm³/mol. The standard InChI is InChI=1S/C42H46N4O4/c1-42(2,3)50-41(48)46(38-10-5-4-6-11-38)30-32-15-19-35(20-16-32)34-17-13-31(14-18-34)28-45(29-33-9-7-25-43-27-33)40(47)44-37-23-21-36(22-24-37)39-12-8-26-49-39/h7-9,12-27,38H,4-6,10-11,28-30H2,1-3H3,(H,44,47). The van der Waals surface area contributed by atoms with Crippen molar-refractivity contribution in [3.05, 3.63) is 132 Å². The van der Waals surface area contributed by atoms with Gasteiger partial charge < -0.3 is 24.3 Å². The van der Waals surface area contributed by atoms with Gasteiger partial charge >= 0.3 is 12.1 Å². The van der Waals surface area contributed by atoms with Gasteiger partial charge in [0.2, 0.25) is 0 Å². The summed E-state index contributed by atoms with van der Waals surface area (Å²) in [5.74, 6) is 0.778. The van der Waals surface area contributed by atoms with Gasteiger partial charge in [0.1, 0.15) is 11.4 Å². The average Bonchev–Trinajstić information content (AvgIpc) is 3.67. The third-order valence-corrected chi connectivity index (χ3v) is 8.94. The molecule has 1 fully saturated rings. The van der Waals surface area contributed by atoms with Crippen LogP contribution in [0.2, 0.25) is 0 Å². The summed E-state index contributed by atoms with van der Waals surface area (Å²) >= 11 is 0. The van der Waals surface area contributed by atoms with Crippen LogP contribution >= 0.6 is 0 Å². The summed E-state index contributed by atoms with van der Waals surface area (Å²) in [4.78, 5) is 34.8. The van der Waals surface area contributed by atoms with Crippen LogP contribution in [0.4, 0.5) is 15.3 Å². The number of nitrogens with zero attached hydrogens (tertiary/aromatic N) is 3. The number of benzene rings is 3. The van der Waals surface area contributed by atoms with Crippen molar-refractivity contribution in [3.8, 4) is 22.5 Å². The summed E-state index contributed by atoms with van der Waals surface area (Å²) in [7, 11) is 0. The second-order valence-corrected chi connectivity index (χ2v) is 14.0. The van der Waals surface area contributed by atoms with E-state index in [1.165, 1.54) is 6.42 Å². The zero-order valence-corrected chi connectivity index (χ0v) is 29.2. The van der Waals surface area contributed by atoms with E-state index in [-0.39, 0.29) is 18.2 Å². The van der Waals surface area contributed by atoms with Crippen LogP contribution in [0.5, 0.6) is 0 Å².